The van der Waals surface area contributed by atoms with Crippen molar-refractivity contribution in [2.24, 2.45) is 17.8 Å². The van der Waals surface area contributed by atoms with E-state index < -0.39 is 0 Å². The number of halogens is 1. The van der Waals surface area contributed by atoms with Crippen LogP contribution in [0.4, 0.5) is 4.39 Å². The lowest BCUT2D eigenvalue weighted by molar-refractivity contribution is 0.0917. The van der Waals surface area contributed by atoms with Crippen molar-refractivity contribution in [3.63, 3.8) is 0 Å². The molecule has 184 valence electrons. The van der Waals surface area contributed by atoms with Crippen molar-refractivity contribution >= 4 is 27.8 Å². The van der Waals surface area contributed by atoms with E-state index in [1.54, 1.807) is 12.1 Å². The lowest BCUT2D eigenvalue weighted by atomic mass is 9.76. The van der Waals surface area contributed by atoms with Gasteiger partial charge in [-0.2, -0.15) is 0 Å². The zero-order chi connectivity index (χ0) is 24.2. The zero-order valence-electron chi connectivity index (χ0n) is 20.3. The number of pyridine rings is 1. The number of aromatic nitrogens is 3. The van der Waals surface area contributed by atoms with Crippen molar-refractivity contribution < 1.29 is 9.18 Å². The number of aryl methyl sites for hydroxylation is 1. The third-order valence-electron chi connectivity index (χ3n) is 9.13. The Hall–Kier alpha value is -3.28. The van der Waals surface area contributed by atoms with E-state index in [-0.39, 0.29) is 11.7 Å². The number of rotatable bonds is 6. The second-order valence-corrected chi connectivity index (χ2v) is 11.2. The van der Waals surface area contributed by atoms with E-state index in [0.29, 0.717) is 29.4 Å². The molecule has 1 amide bonds. The van der Waals surface area contributed by atoms with Gasteiger partial charge in [-0.25, -0.2) is 9.37 Å². The van der Waals surface area contributed by atoms with Gasteiger partial charge >= 0.3 is 0 Å². The summed E-state index contributed by atoms with van der Waals surface area (Å²) in [7, 11) is 0. The number of aromatic amines is 1. The molecule has 2 aromatic heterocycles. The van der Waals surface area contributed by atoms with Crippen molar-refractivity contribution in [1.82, 2.24) is 20.3 Å². The SMILES string of the molecule is O=C(NC1CCC1)c1ccc2[nH]c(CCC3CC4CC3CC4c3ccnc4ccc(F)cc34)nc2c1. The highest BCUT2D eigenvalue weighted by molar-refractivity contribution is 5.97. The van der Waals surface area contributed by atoms with Gasteiger partial charge in [0, 0.05) is 29.6 Å². The Morgan fingerprint density at radius 3 is 2.75 bits per heavy atom. The number of hydrogen-bond acceptors (Lipinski definition) is 3. The summed E-state index contributed by atoms with van der Waals surface area (Å²) >= 11 is 0. The summed E-state index contributed by atoms with van der Waals surface area (Å²) in [5, 5.41) is 4.09. The molecule has 4 atom stereocenters. The van der Waals surface area contributed by atoms with Crippen LogP contribution in [0.5, 0.6) is 0 Å². The Balaban J connectivity index is 1.01. The van der Waals surface area contributed by atoms with Crippen LogP contribution in [0.2, 0.25) is 0 Å². The van der Waals surface area contributed by atoms with Crippen LogP contribution in [0.3, 0.4) is 0 Å². The number of carbonyl (C=O) groups is 1. The van der Waals surface area contributed by atoms with Crippen LogP contribution in [0.15, 0.2) is 48.7 Å². The third-order valence-corrected chi connectivity index (χ3v) is 9.13. The molecule has 3 fully saturated rings. The Kier molecular flexibility index (Phi) is 5.30. The first-order chi connectivity index (χ1) is 17.6. The highest BCUT2D eigenvalue weighted by atomic mass is 19.1. The molecule has 2 N–H and O–H groups in total. The summed E-state index contributed by atoms with van der Waals surface area (Å²) < 4.78 is 14.0. The summed E-state index contributed by atoms with van der Waals surface area (Å²) in [5.41, 5.74) is 4.72. The topological polar surface area (TPSA) is 70.7 Å². The molecule has 3 saturated carbocycles. The fourth-order valence-electron chi connectivity index (χ4n) is 7.05. The van der Waals surface area contributed by atoms with Gasteiger partial charge in [0.25, 0.3) is 5.91 Å². The molecule has 2 bridgehead atoms. The molecule has 2 heterocycles. The number of nitrogens with one attached hydrogen (secondary N) is 2. The van der Waals surface area contributed by atoms with Crippen LogP contribution in [-0.4, -0.2) is 26.9 Å². The van der Waals surface area contributed by atoms with Crippen molar-refractivity contribution in [3.8, 4) is 0 Å². The van der Waals surface area contributed by atoms with Crippen LogP contribution in [0, 0.1) is 23.6 Å². The first kappa shape index (κ1) is 22.0. The van der Waals surface area contributed by atoms with Crippen molar-refractivity contribution in [2.75, 3.05) is 0 Å². The van der Waals surface area contributed by atoms with Gasteiger partial charge in [-0.3, -0.25) is 9.78 Å². The van der Waals surface area contributed by atoms with Gasteiger partial charge in [0.2, 0.25) is 0 Å². The van der Waals surface area contributed by atoms with Crippen molar-refractivity contribution in [3.05, 3.63) is 71.4 Å². The zero-order valence-corrected chi connectivity index (χ0v) is 20.3. The van der Waals surface area contributed by atoms with E-state index in [0.717, 1.165) is 59.4 Å². The van der Waals surface area contributed by atoms with Gasteiger partial charge < -0.3 is 10.3 Å². The molecule has 36 heavy (non-hydrogen) atoms. The van der Waals surface area contributed by atoms with E-state index in [9.17, 15) is 9.18 Å². The predicted molar refractivity (Wildman–Crippen MR) is 138 cm³/mol. The van der Waals surface area contributed by atoms with Gasteiger partial charge in [0.05, 0.1) is 16.6 Å². The predicted octanol–water partition coefficient (Wildman–Crippen LogP) is 6.30. The van der Waals surface area contributed by atoms with Crippen LogP contribution in [-0.2, 0) is 6.42 Å². The fraction of sp³-hybridized carbons (Fsp3) is 0.433. The molecule has 6 heteroatoms. The van der Waals surface area contributed by atoms with Gasteiger partial charge in [0.15, 0.2) is 0 Å². The quantitative estimate of drug-likeness (QED) is 0.339. The normalized spacial score (nSPS) is 25.5. The third kappa shape index (κ3) is 3.87. The maximum atomic E-state index is 14.0. The van der Waals surface area contributed by atoms with E-state index in [1.807, 2.05) is 24.4 Å². The highest BCUT2D eigenvalue weighted by Crippen LogP contribution is 2.57. The van der Waals surface area contributed by atoms with Gasteiger partial charge in [-0.1, -0.05) is 0 Å². The van der Waals surface area contributed by atoms with E-state index in [2.05, 4.69) is 21.4 Å². The summed E-state index contributed by atoms with van der Waals surface area (Å²) in [6.45, 7) is 0. The Bertz CT molecular complexity index is 1460. The minimum absolute atomic E-state index is 0.00685. The lowest BCUT2D eigenvalue weighted by Gasteiger charge is -2.29. The monoisotopic (exact) mass is 482 g/mol. The molecule has 7 rings (SSSR count). The van der Waals surface area contributed by atoms with Crippen LogP contribution < -0.4 is 5.32 Å². The molecule has 5 nitrogen and oxygen atoms in total. The minimum atomic E-state index is -0.185. The van der Waals surface area contributed by atoms with Crippen LogP contribution in [0.1, 0.15) is 72.6 Å². The molecule has 4 aromatic rings. The summed E-state index contributed by atoms with van der Waals surface area (Å²) in [4.78, 5) is 25.3. The number of carbonyl (C=O) groups excluding carboxylic acids is 1. The average molecular weight is 483 g/mol. The Morgan fingerprint density at radius 1 is 1.03 bits per heavy atom. The molecule has 0 saturated heterocycles. The Morgan fingerprint density at radius 2 is 1.94 bits per heavy atom. The fourth-order valence-corrected chi connectivity index (χ4v) is 7.05. The molecule has 3 aliphatic rings. The van der Waals surface area contributed by atoms with Crippen LogP contribution >= 0.6 is 0 Å². The molecule has 0 aliphatic heterocycles. The molecule has 3 aliphatic carbocycles. The largest absolute Gasteiger partial charge is 0.349 e. The van der Waals surface area contributed by atoms with Crippen molar-refractivity contribution in [1.29, 1.82) is 0 Å². The maximum Gasteiger partial charge on any atom is 0.251 e. The first-order valence-electron chi connectivity index (χ1n) is 13.4. The van der Waals surface area contributed by atoms with E-state index in [4.69, 9.17) is 4.98 Å². The molecule has 0 radical (unpaired) electrons. The first-order valence-corrected chi connectivity index (χ1v) is 13.4. The lowest BCUT2D eigenvalue weighted by Crippen LogP contribution is -2.39. The molecule has 0 spiro atoms. The van der Waals surface area contributed by atoms with Gasteiger partial charge in [-0.05, 0) is 117 Å². The number of nitrogens with zero attached hydrogens (tertiary/aromatic N) is 2. The standard InChI is InChI=1S/C30H31FN4O/c31-21-6-8-26-25(16-21)23(10-11-32-26)24-14-19-13-20(24)12-17(19)5-9-29-34-27-7-4-18(15-28(27)35-29)30(36)33-22-2-1-3-22/h4,6-8,10-11,15-17,19-20,22,24H,1-3,5,9,12-14H2,(H,33,36)(H,34,35). The number of benzene rings is 2. The second-order valence-electron chi connectivity index (χ2n) is 11.2. The van der Waals surface area contributed by atoms with Crippen LogP contribution in [0.25, 0.3) is 21.9 Å². The number of amides is 1. The van der Waals surface area contributed by atoms with Crippen molar-refractivity contribution in [2.45, 2.75) is 63.3 Å². The number of H-pyrrole nitrogens is 1. The summed E-state index contributed by atoms with van der Waals surface area (Å²) in [6.07, 6.45) is 11.0. The molecule has 2 aromatic carbocycles. The minimum Gasteiger partial charge on any atom is -0.349 e. The Labute approximate surface area is 209 Å². The second kappa shape index (κ2) is 8.68. The number of hydrogen-bond donors (Lipinski definition) is 2. The highest BCUT2D eigenvalue weighted by Gasteiger charge is 2.46. The molecular weight excluding hydrogens is 451 g/mol. The van der Waals surface area contributed by atoms with E-state index >= 15 is 0 Å². The summed E-state index contributed by atoms with van der Waals surface area (Å²) in [6, 6.07) is 13.2. The molecule has 4 unspecified atom stereocenters. The summed E-state index contributed by atoms with van der Waals surface area (Å²) in [5.74, 6) is 3.45. The van der Waals surface area contributed by atoms with E-state index in [1.165, 1.54) is 37.3 Å². The van der Waals surface area contributed by atoms with Gasteiger partial charge in [0.1, 0.15) is 11.6 Å². The molecular formula is C30H31FN4O. The average Bonchev–Trinajstić information content (AvgIpc) is 3.57. The maximum absolute atomic E-state index is 14.0. The smallest absolute Gasteiger partial charge is 0.251 e. The number of imidazole rings is 1. The number of fused-ring (bicyclic) bond motifs is 4. The van der Waals surface area contributed by atoms with Gasteiger partial charge in [-0.15, -0.1) is 0 Å².